The van der Waals surface area contributed by atoms with Crippen molar-refractivity contribution in [2.45, 2.75) is 52.1 Å². The Morgan fingerprint density at radius 2 is 2.05 bits per heavy atom. The highest BCUT2D eigenvalue weighted by molar-refractivity contribution is 7.19. The molecule has 0 amide bonds. The first-order valence-electron chi connectivity index (χ1n) is 8.35. The summed E-state index contributed by atoms with van der Waals surface area (Å²) in [5, 5.41) is 11.5. The summed E-state index contributed by atoms with van der Waals surface area (Å²) >= 11 is 1.85. The number of nitrogens with zero attached hydrogens (tertiary/aromatic N) is 3. The molecule has 1 saturated heterocycles. The number of aromatic nitrogens is 2. The maximum absolute atomic E-state index is 10.3. The Morgan fingerprint density at radius 1 is 1.23 bits per heavy atom. The van der Waals surface area contributed by atoms with E-state index in [0.717, 1.165) is 35.9 Å². The highest BCUT2D eigenvalue weighted by Gasteiger charge is 2.28. The Labute approximate surface area is 135 Å². The molecule has 2 unspecified atom stereocenters. The highest BCUT2D eigenvalue weighted by Crippen LogP contribution is 2.40. The monoisotopic (exact) mass is 317 g/mol. The first-order chi connectivity index (χ1) is 10.6. The van der Waals surface area contributed by atoms with Crippen molar-refractivity contribution in [2.24, 2.45) is 5.92 Å². The zero-order valence-electron chi connectivity index (χ0n) is 13.3. The topological polar surface area (TPSA) is 49.2 Å². The van der Waals surface area contributed by atoms with Crippen LogP contribution in [0.5, 0.6) is 0 Å². The maximum Gasteiger partial charge on any atom is 0.141 e. The van der Waals surface area contributed by atoms with Crippen molar-refractivity contribution < 1.29 is 5.11 Å². The summed E-state index contributed by atoms with van der Waals surface area (Å²) in [5.41, 5.74) is 1.48. The minimum atomic E-state index is -0.256. The van der Waals surface area contributed by atoms with Gasteiger partial charge in [0, 0.05) is 18.0 Å². The average Bonchev–Trinajstić information content (AvgIpc) is 2.87. The van der Waals surface area contributed by atoms with Gasteiger partial charge in [0.05, 0.1) is 11.5 Å². The number of hydrogen-bond donors (Lipinski definition) is 1. The third-order valence-corrected chi connectivity index (χ3v) is 6.31. The molecule has 1 aliphatic heterocycles. The summed E-state index contributed by atoms with van der Waals surface area (Å²) in [6.45, 7) is 5.78. The fraction of sp³-hybridized carbons (Fsp3) is 0.647. The van der Waals surface area contributed by atoms with Crippen LogP contribution in [0.3, 0.4) is 0 Å². The molecule has 2 aromatic heterocycles. The molecule has 4 rings (SSSR count). The van der Waals surface area contributed by atoms with Crippen molar-refractivity contribution >= 4 is 27.4 Å². The van der Waals surface area contributed by atoms with Crippen LogP contribution in [-0.2, 0) is 12.8 Å². The molecule has 1 fully saturated rings. The van der Waals surface area contributed by atoms with Gasteiger partial charge < -0.3 is 10.0 Å². The molecule has 0 radical (unpaired) electrons. The van der Waals surface area contributed by atoms with E-state index in [-0.39, 0.29) is 6.10 Å². The van der Waals surface area contributed by atoms with Crippen LogP contribution in [-0.4, -0.2) is 34.3 Å². The van der Waals surface area contributed by atoms with E-state index >= 15 is 0 Å². The average molecular weight is 317 g/mol. The molecule has 5 heteroatoms. The van der Waals surface area contributed by atoms with Crippen LogP contribution in [0.1, 0.15) is 42.5 Å². The van der Waals surface area contributed by atoms with Crippen molar-refractivity contribution in [1.82, 2.24) is 9.97 Å². The number of fused-ring (bicyclic) bond motifs is 3. The van der Waals surface area contributed by atoms with Gasteiger partial charge in [0.2, 0.25) is 0 Å². The Balaban J connectivity index is 1.84. The SMILES string of the molecule is Cc1nc(N2CCC(C)C(O)C2)c2c3c(sc2n1)CCCC3. The summed E-state index contributed by atoms with van der Waals surface area (Å²) in [4.78, 5) is 14.4. The Morgan fingerprint density at radius 3 is 2.86 bits per heavy atom. The Bertz CT molecular complexity index is 711. The van der Waals surface area contributed by atoms with Gasteiger partial charge in [-0.1, -0.05) is 6.92 Å². The molecule has 1 N–H and O–H groups in total. The second-order valence-electron chi connectivity index (χ2n) is 6.76. The summed E-state index contributed by atoms with van der Waals surface area (Å²) < 4.78 is 0. The number of hydrogen-bond acceptors (Lipinski definition) is 5. The molecule has 118 valence electrons. The molecule has 2 aromatic rings. The molecule has 3 heterocycles. The minimum absolute atomic E-state index is 0.256. The minimum Gasteiger partial charge on any atom is -0.391 e. The number of rotatable bonds is 1. The van der Waals surface area contributed by atoms with Gasteiger partial charge in [0.15, 0.2) is 0 Å². The summed E-state index contributed by atoms with van der Waals surface area (Å²) in [6.07, 6.45) is 5.68. The molecule has 22 heavy (non-hydrogen) atoms. The lowest BCUT2D eigenvalue weighted by molar-refractivity contribution is 0.102. The van der Waals surface area contributed by atoms with E-state index in [0.29, 0.717) is 12.5 Å². The number of thiophene rings is 1. The van der Waals surface area contributed by atoms with E-state index in [1.54, 1.807) is 0 Å². The smallest absolute Gasteiger partial charge is 0.141 e. The summed E-state index contributed by atoms with van der Waals surface area (Å²) in [5.74, 6) is 2.29. The van der Waals surface area contributed by atoms with Gasteiger partial charge in [-0.15, -0.1) is 11.3 Å². The standard InChI is InChI=1S/C17H23N3OS/c1-10-7-8-20(9-13(10)21)16-15-12-5-3-4-6-14(12)22-17(15)19-11(2)18-16/h10,13,21H,3-9H2,1-2H3. The predicted octanol–water partition coefficient (Wildman–Crippen LogP) is 3.09. The molecule has 2 atom stereocenters. The van der Waals surface area contributed by atoms with Gasteiger partial charge in [-0.25, -0.2) is 9.97 Å². The Kier molecular flexibility index (Phi) is 3.57. The molecular weight excluding hydrogens is 294 g/mol. The van der Waals surface area contributed by atoms with Crippen LogP contribution >= 0.6 is 11.3 Å². The fourth-order valence-electron chi connectivity index (χ4n) is 3.71. The normalized spacial score (nSPS) is 25.5. The lowest BCUT2D eigenvalue weighted by atomic mass is 9.94. The van der Waals surface area contributed by atoms with Gasteiger partial charge in [-0.05, 0) is 50.5 Å². The summed E-state index contributed by atoms with van der Waals surface area (Å²) in [7, 11) is 0. The van der Waals surface area contributed by atoms with E-state index in [1.807, 2.05) is 18.3 Å². The van der Waals surface area contributed by atoms with E-state index in [2.05, 4.69) is 16.8 Å². The molecule has 0 bridgehead atoms. The van der Waals surface area contributed by atoms with E-state index in [1.165, 1.54) is 35.1 Å². The van der Waals surface area contributed by atoms with Crippen LogP contribution in [0.25, 0.3) is 10.2 Å². The zero-order valence-corrected chi connectivity index (χ0v) is 14.1. The van der Waals surface area contributed by atoms with E-state index in [9.17, 15) is 5.11 Å². The van der Waals surface area contributed by atoms with Gasteiger partial charge in [-0.3, -0.25) is 0 Å². The van der Waals surface area contributed by atoms with Crippen molar-refractivity contribution in [2.75, 3.05) is 18.0 Å². The summed E-state index contributed by atoms with van der Waals surface area (Å²) in [6, 6.07) is 0. The maximum atomic E-state index is 10.3. The molecule has 0 spiro atoms. The molecule has 1 aliphatic carbocycles. The van der Waals surface area contributed by atoms with Crippen LogP contribution in [0, 0.1) is 12.8 Å². The van der Waals surface area contributed by atoms with Crippen LogP contribution in [0.4, 0.5) is 5.82 Å². The van der Waals surface area contributed by atoms with Crippen molar-refractivity contribution in [3.63, 3.8) is 0 Å². The van der Waals surface area contributed by atoms with Gasteiger partial charge >= 0.3 is 0 Å². The van der Waals surface area contributed by atoms with Crippen molar-refractivity contribution in [1.29, 1.82) is 0 Å². The first kappa shape index (κ1) is 14.4. The number of aryl methyl sites for hydroxylation is 3. The number of aliphatic hydroxyl groups excluding tert-OH is 1. The molecule has 4 nitrogen and oxygen atoms in total. The van der Waals surface area contributed by atoms with E-state index < -0.39 is 0 Å². The van der Waals surface area contributed by atoms with Crippen molar-refractivity contribution in [3.05, 3.63) is 16.3 Å². The van der Waals surface area contributed by atoms with Crippen LogP contribution in [0.2, 0.25) is 0 Å². The first-order valence-corrected chi connectivity index (χ1v) is 9.17. The van der Waals surface area contributed by atoms with Gasteiger partial charge in [0.25, 0.3) is 0 Å². The van der Waals surface area contributed by atoms with E-state index in [4.69, 9.17) is 4.98 Å². The highest BCUT2D eigenvalue weighted by atomic mass is 32.1. The van der Waals surface area contributed by atoms with Gasteiger partial charge in [-0.2, -0.15) is 0 Å². The number of piperidine rings is 1. The number of anilines is 1. The molecule has 2 aliphatic rings. The van der Waals surface area contributed by atoms with Crippen LogP contribution < -0.4 is 4.90 Å². The quantitative estimate of drug-likeness (QED) is 0.878. The van der Waals surface area contributed by atoms with Gasteiger partial charge in [0.1, 0.15) is 16.5 Å². The third kappa shape index (κ3) is 2.31. The Hall–Kier alpha value is -1.20. The fourth-order valence-corrected chi connectivity index (χ4v) is 5.01. The van der Waals surface area contributed by atoms with Crippen molar-refractivity contribution in [3.8, 4) is 0 Å². The number of β-amino-alcohol motifs (C(OH)–C–C–N with tert-alkyl or cyclic N) is 1. The molecule has 0 aromatic carbocycles. The second kappa shape index (κ2) is 5.46. The number of aliphatic hydroxyl groups is 1. The van der Waals surface area contributed by atoms with Crippen LogP contribution in [0.15, 0.2) is 0 Å². The largest absolute Gasteiger partial charge is 0.391 e. The molecular formula is C17H23N3OS. The predicted molar refractivity (Wildman–Crippen MR) is 90.8 cm³/mol. The third-order valence-electron chi connectivity index (χ3n) is 5.13. The zero-order chi connectivity index (χ0) is 15.3. The second-order valence-corrected chi connectivity index (χ2v) is 7.85. The lowest BCUT2D eigenvalue weighted by Gasteiger charge is -2.35. The lowest BCUT2D eigenvalue weighted by Crippen LogP contribution is -2.43. The molecule has 0 saturated carbocycles.